The minimum atomic E-state index is -3.55. The summed E-state index contributed by atoms with van der Waals surface area (Å²) in [5.41, 5.74) is 0.912. The zero-order valence-electron chi connectivity index (χ0n) is 20.6. The van der Waals surface area contributed by atoms with E-state index in [2.05, 4.69) is 48.0 Å². The van der Waals surface area contributed by atoms with Crippen molar-refractivity contribution in [3.05, 3.63) is 78.9 Å². The molecule has 2 unspecified atom stereocenters. The summed E-state index contributed by atoms with van der Waals surface area (Å²) in [6, 6.07) is 21.0. The van der Waals surface area contributed by atoms with E-state index in [1.54, 1.807) is 31.3 Å². The minimum absolute atomic E-state index is 0.283. The molecular weight excluding hydrogens is 442 g/mol. The lowest BCUT2D eigenvalue weighted by Gasteiger charge is -2.42. The van der Waals surface area contributed by atoms with Gasteiger partial charge in [0.15, 0.2) is 0 Å². The fourth-order valence-corrected chi connectivity index (χ4v) is 7.25. The van der Waals surface area contributed by atoms with Crippen LogP contribution < -0.4 is 5.32 Å². The van der Waals surface area contributed by atoms with Crippen molar-refractivity contribution in [3.63, 3.8) is 0 Å². The number of nitrogens with zero attached hydrogens (tertiary/aromatic N) is 2. The van der Waals surface area contributed by atoms with Gasteiger partial charge in [0.25, 0.3) is 0 Å². The predicted molar refractivity (Wildman–Crippen MR) is 139 cm³/mol. The molecular formula is C28H39N3O2S. The van der Waals surface area contributed by atoms with Crippen molar-refractivity contribution in [1.29, 1.82) is 0 Å². The maximum atomic E-state index is 13.3. The van der Waals surface area contributed by atoms with Gasteiger partial charge in [-0.15, -0.1) is 6.58 Å². The first kappa shape index (κ1) is 25.1. The number of hydrogen-bond donors (Lipinski definition) is 1. The van der Waals surface area contributed by atoms with Crippen molar-refractivity contribution in [2.24, 2.45) is 0 Å². The molecule has 5 nitrogen and oxygen atoms in total. The quantitative estimate of drug-likeness (QED) is 0.483. The highest BCUT2D eigenvalue weighted by Gasteiger charge is 2.41. The van der Waals surface area contributed by atoms with Gasteiger partial charge in [-0.05, 0) is 56.3 Å². The van der Waals surface area contributed by atoms with Gasteiger partial charge in [0.1, 0.15) is 0 Å². The van der Waals surface area contributed by atoms with Gasteiger partial charge in [0.05, 0.1) is 4.90 Å². The fourth-order valence-electron chi connectivity index (χ4n) is 5.94. The maximum Gasteiger partial charge on any atom is 0.242 e. The van der Waals surface area contributed by atoms with Crippen molar-refractivity contribution < 1.29 is 8.42 Å². The first-order chi connectivity index (χ1) is 16.3. The predicted octanol–water partition coefficient (Wildman–Crippen LogP) is 4.43. The Morgan fingerprint density at radius 1 is 1.06 bits per heavy atom. The molecule has 0 aliphatic carbocycles. The van der Waals surface area contributed by atoms with E-state index in [9.17, 15) is 8.42 Å². The Balaban J connectivity index is 1.49. The Morgan fingerprint density at radius 3 is 2.24 bits per heavy atom. The third-order valence-electron chi connectivity index (χ3n) is 7.85. The molecule has 2 bridgehead atoms. The summed E-state index contributed by atoms with van der Waals surface area (Å²) in [4.78, 5) is 3.05. The van der Waals surface area contributed by atoms with Crippen LogP contribution >= 0.6 is 0 Å². The molecule has 0 radical (unpaired) electrons. The van der Waals surface area contributed by atoms with Crippen LogP contribution in [0.5, 0.6) is 0 Å². The summed E-state index contributed by atoms with van der Waals surface area (Å²) in [6.45, 7) is 8.37. The molecule has 34 heavy (non-hydrogen) atoms. The molecule has 0 aromatic heterocycles. The van der Waals surface area contributed by atoms with Crippen LogP contribution in [-0.4, -0.2) is 62.4 Å². The number of likely N-dealkylation sites (N-methyl/N-ethyl adjacent to an activating group) is 1. The highest BCUT2D eigenvalue weighted by atomic mass is 32.2. The zero-order chi connectivity index (χ0) is 24.2. The standard InChI is InChI=1S/C28H39N3O2S/c1-4-18-29-24-20-25-15-16-26(21-24)31(25)19-17-28(2,23-11-7-5-8-12-23)22-30(3)34(32,33)27-13-9-6-10-14-27/h4-14,24-26,29H,1,15-22H2,2-3H3/t24?,25?,26?,28-/m1/s1. The van der Waals surface area contributed by atoms with Gasteiger partial charge in [-0.2, -0.15) is 0 Å². The summed E-state index contributed by atoms with van der Waals surface area (Å²) in [7, 11) is -1.83. The van der Waals surface area contributed by atoms with E-state index < -0.39 is 10.0 Å². The van der Waals surface area contributed by atoms with Crippen molar-refractivity contribution in [3.8, 4) is 0 Å². The van der Waals surface area contributed by atoms with E-state index in [1.165, 1.54) is 35.6 Å². The third-order valence-corrected chi connectivity index (χ3v) is 9.67. The number of sulfonamides is 1. The highest BCUT2D eigenvalue weighted by molar-refractivity contribution is 7.89. The molecule has 2 heterocycles. The van der Waals surface area contributed by atoms with Crippen LogP contribution in [-0.2, 0) is 15.4 Å². The van der Waals surface area contributed by atoms with Crippen molar-refractivity contribution in [2.75, 3.05) is 26.7 Å². The molecule has 2 saturated heterocycles. The van der Waals surface area contributed by atoms with E-state index in [0.717, 1.165) is 19.5 Å². The molecule has 2 aromatic rings. The molecule has 184 valence electrons. The smallest absolute Gasteiger partial charge is 0.242 e. The van der Waals surface area contributed by atoms with Gasteiger partial charge >= 0.3 is 0 Å². The van der Waals surface area contributed by atoms with Gasteiger partial charge in [-0.3, -0.25) is 4.90 Å². The molecule has 4 rings (SSSR count). The maximum absolute atomic E-state index is 13.3. The van der Waals surface area contributed by atoms with Crippen LogP contribution in [0.3, 0.4) is 0 Å². The lowest BCUT2D eigenvalue weighted by Crippen LogP contribution is -2.50. The van der Waals surface area contributed by atoms with E-state index in [0.29, 0.717) is 29.6 Å². The molecule has 0 spiro atoms. The van der Waals surface area contributed by atoms with E-state index in [4.69, 9.17) is 0 Å². The number of rotatable bonds is 11. The molecule has 2 aromatic carbocycles. The number of fused-ring (bicyclic) bond motifs is 2. The summed E-state index contributed by atoms with van der Waals surface area (Å²) < 4.78 is 28.1. The van der Waals surface area contributed by atoms with Crippen LogP contribution in [0.25, 0.3) is 0 Å². The van der Waals surface area contributed by atoms with E-state index in [1.807, 2.05) is 18.2 Å². The zero-order valence-corrected chi connectivity index (χ0v) is 21.4. The van der Waals surface area contributed by atoms with Crippen LogP contribution in [0, 0.1) is 0 Å². The Kier molecular flexibility index (Phi) is 7.93. The average molecular weight is 482 g/mol. The van der Waals surface area contributed by atoms with Crippen LogP contribution in [0.15, 0.2) is 78.2 Å². The molecule has 2 aliphatic rings. The molecule has 1 N–H and O–H groups in total. The first-order valence-electron chi connectivity index (χ1n) is 12.5. The normalized spacial score (nSPS) is 24.7. The number of hydrogen-bond acceptors (Lipinski definition) is 4. The van der Waals surface area contributed by atoms with Crippen molar-refractivity contribution in [2.45, 2.75) is 67.5 Å². The second-order valence-corrected chi connectivity index (χ2v) is 12.3. The highest BCUT2D eigenvalue weighted by Crippen LogP contribution is 2.38. The van der Waals surface area contributed by atoms with Gasteiger partial charge in [0, 0.05) is 43.7 Å². The van der Waals surface area contributed by atoms with Crippen LogP contribution in [0.1, 0.15) is 44.6 Å². The van der Waals surface area contributed by atoms with Gasteiger partial charge in [0.2, 0.25) is 10.0 Å². The summed E-state index contributed by atoms with van der Waals surface area (Å²) in [6.07, 6.45) is 7.77. The van der Waals surface area contributed by atoms with Gasteiger partial charge in [-0.1, -0.05) is 61.5 Å². The number of piperidine rings is 1. The number of nitrogens with one attached hydrogen (secondary N) is 1. The van der Waals surface area contributed by atoms with Crippen LogP contribution in [0.2, 0.25) is 0 Å². The molecule has 6 heteroatoms. The molecule has 3 atom stereocenters. The van der Waals surface area contributed by atoms with Crippen LogP contribution in [0.4, 0.5) is 0 Å². The average Bonchev–Trinajstić information content (AvgIpc) is 3.10. The molecule has 0 saturated carbocycles. The Labute approximate surface area is 205 Å². The topological polar surface area (TPSA) is 52.6 Å². The largest absolute Gasteiger partial charge is 0.310 e. The Bertz CT molecular complexity index is 1030. The lowest BCUT2D eigenvalue weighted by atomic mass is 9.79. The van der Waals surface area contributed by atoms with Gasteiger partial charge in [-0.25, -0.2) is 12.7 Å². The molecule has 2 aliphatic heterocycles. The SMILES string of the molecule is C=CCNC1CC2CCC(C1)N2CC[C@](C)(CN(C)S(=O)(=O)c1ccccc1)c1ccccc1. The second-order valence-electron chi connectivity index (χ2n) is 10.2. The van der Waals surface area contributed by atoms with Gasteiger partial charge < -0.3 is 5.32 Å². The van der Waals surface area contributed by atoms with Crippen molar-refractivity contribution >= 4 is 10.0 Å². The first-order valence-corrected chi connectivity index (χ1v) is 13.9. The number of benzene rings is 2. The minimum Gasteiger partial charge on any atom is -0.310 e. The second kappa shape index (κ2) is 10.7. The summed E-state index contributed by atoms with van der Waals surface area (Å²) in [5.74, 6) is 0. The van der Waals surface area contributed by atoms with E-state index in [-0.39, 0.29) is 5.41 Å². The van der Waals surface area contributed by atoms with Crippen molar-refractivity contribution in [1.82, 2.24) is 14.5 Å². The Morgan fingerprint density at radius 2 is 1.65 bits per heavy atom. The Hall–Kier alpha value is -1.99. The molecule has 2 fully saturated rings. The van der Waals surface area contributed by atoms with E-state index >= 15 is 0 Å². The summed E-state index contributed by atoms with van der Waals surface area (Å²) in [5, 5.41) is 3.63. The third kappa shape index (κ3) is 5.46. The fraction of sp³-hybridized carbons (Fsp3) is 0.500. The summed E-state index contributed by atoms with van der Waals surface area (Å²) >= 11 is 0. The lowest BCUT2D eigenvalue weighted by molar-refractivity contribution is 0.106. The monoisotopic (exact) mass is 481 g/mol. The molecule has 0 amide bonds.